The molecule has 7 heteroatoms. The third kappa shape index (κ3) is 5.88. The molecular weight excluding hydrogens is 384 g/mol. The van der Waals surface area contributed by atoms with Gasteiger partial charge in [0, 0.05) is 0 Å². The first kappa shape index (κ1) is 21.0. The van der Waals surface area contributed by atoms with Crippen molar-refractivity contribution >= 4 is 11.8 Å². The van der Waals surface area contributed by atoms with Crippen LogP contribution in [-0.4, -0.2) is 18.4 Å². The summed E-state index contributed by atoms with van der Waals surface area (Å²) in [5.41, 5.74) is 7.70. The molecule has 0 aliphatic heterocycles. The van der Waals surface area contributed by atoms with Crippen molar-refractivity contribution in [3.05, 3.63) is 82.8 Å². The van der Waals surface area contributed by atoms with Crippen molar-refractivity contribution in [2.24, 2.45) is 0 Å². The van der Waals surface area contributed by atoms with Crippen LogP contribution in [0.25, 0.3) is 0 Å². The summed E-state index contributed by atoms with van der Waals surface area (Å²) in [6.45, 7) is 5.79. The minimum atomic E-state index is -0.573. The van der Waals surface area contributed by atoms with E-state index in [0.29, 0.717) is 17.3 Å². The van der Waals surface area contributed by atoms with Gasteiger partial charge in [-0.15, -0.1) is 0 Å². The second kappa shape index (κ2) is 9.65. The fourth-order valence-electron chi connectivity index (χ4n) is 2.60. The molecule has 1 heterocycles. The Labute approximate surface area is 175 Å². The average Bonchev–Trinajstić information content (AvgIpc) is 3.21. The highest BCUT2D eigenvalue weighted by molar-refractivity contribution is 5.93. The third-order valence-corrected chi connectivity index (χ3v) is 4.31. The van der Waals surface area contributed by atoms with Crippen LogP contribution in [0.15, 0.2) is 59.0 Å². The van der Waals surface area contributed by atoms with Crippen molar-refractivity contribution < 1.29 is 23.5 Å². The van der Waals surface area contributed by atoms with Gasteiger partial charge in [0.1, 0.15) is 23.9 Å². The van der Waals surface area contributed by atoms with Gasteiger partial charge in [-0.05, 0) is 62.2 Å². The summed E-state index contributed by atoms with van der Waals surface area (Å²) >= 11 is 0. The molecule has 2 amide bonds. The smallest absolute Gasteiger partial charge is 0.305 e. The zero-order valence-corrected chi connectivity index (χ0v) is 17.2. The lowest BCUT2D eigenvalue weighted by atomic mass is 10.1. The zero-order valence-electron chi connectivity index (χ0n) is 17.2. The highest BCUT2D eigenvalue weighted by atomic mass is 16.5. The molecule has 2 N–H and O–H groups in total. The number of rotatable bonds is 7. The van der Waals surface area contributed by atoms with Crippen LogP contribution in [-0.2, 0) is 11.4 Å². The van der Waals surface area contributed by atoms with Gasteiger partial charge in [0.05, 0.1) is 0 Å². The van der Waals surface area contributed by atoms with E-state index in [-0.39, 0.29) is 19.0 Å². The molecule has 2 aromatic carbocycles. The number of ether oxygens (including phenoxy) is 2. The van der Waals surface area contributed by atoms with Gasteiger partial charge in [0.15, 0.2) is 12.4 Å². The topological polar surface area (TPSA) is 89.8 Å². The molecule has 0 bridgehead atoms. The maximum atomic E-state index is 12.1. The van der Waals surface area contributed by atoms with Crippen LogP contribution in [0.1, 0.15) is 33.0 Å². The minimum absolute atomic E-state index is 0.0632. The minimum Gasteiger partial charge on any atom is -0.486 e. The normalized spacial score (nSPS) is 10.4. The standard InChI is InChI=1S/C23H24N2O5/c1-15-5-8-18(9-6-15)28-13-19-10-11-20(30-19)23(27)25-24-22(26)14-29-21-12-16(2)4-7-17(21)3/h4-12H,13-14H2,1-3H3,(H,24,26)(H,25,27). The molecule has 1 aromatic heterocycles. The van der Waals surface area contributed by atoms with Gasteiger partial charge in [-0.2, -0.15) is 0 Å². The molecule has 30 heavy (non-hydrogen) atoms. The van der Waals surface area contributed by atoms with Crippen molar-refractivity contribution in [2.75, 3.05) is 6.61 Å². The summed E-state index contributed by atoms with van der Waals surface area (Å²) in [6.07, 6.45) is 0. The Morgan fingerprint density at radius 1 is 0.867 bits per heavy atom. The summed E-state index contributed by atoms with van der Waals surface area (Å²) in [4.78, 5) is 24.1. The Bertz CT molecular complexity index is 1020. The first-order chi connectivity index (χ1) is 14.4. The molecule has 0 spiro atoms. The molecule has 0 radical (unpaired) electrons. The molecule has 0 unspecified atom stereocenters. The maximum Gasteiger partial charge on any atom is 0.305 e. The van der Waals surface area contributed by atoms with E-state index in [1.807, 2.05) is 63.2 Å². The first-order valence-electron chi connectivity index (χ1n) is 9.48. The molecule has 3 rings (SSSR count). The van der Waals surface area contributed by atoms with Crippen molar-refractivity contribution in [1.82, 2.24) is 10.9 Å². The van der Waals surface area contributed by atoms with Crippen molar-refractivity contribution in [2.45, 2.75) is 27.4 Å². The molecule has 0 atom stereocenters. The first-order valence-corrected chi connectivity index (χ1v) is 9.48. The molecule has 0 aliphatic carbocycles. The van der Waals surface area contributed by atoms with E-state index >= 15 is 0 Å². The van der Waals surface area contributed by atoms with Gasteiger partial charge in [-0.3, -0.25) is 20.4 Å². The summed E-state index contributed by atoms with van der Waals surface area (Å²) < 4.78 is 16.6. The van der Waals surface area contributed by atoms with E-state index in [0.717, 1.165) is 16.7 Å². The molecule has 3 aromatic rings. The molecule has 156 valence electrons. The number of hydrogen-bond donors (Lipinski definition) is 2. The number of hydrogen-bond acceptors (Lipinski definition) is 5. The van der Waals surface area contributed by atoms with E-state index in [2.05, 4.69) is 10.9 Å². The van der Waals surface area contributed by atoms with Gasteiger partial charge in [0.2, 0.25) is 0 Å². The number of furan rings is 1. The summed E-state index contributed by atoms with van der Waals surface area (Å²) in [5.74, 6) is 0.828. The monoisotopic (exact) mass is 408 g/mol. The van der Waals surface area contributed by atoms with Crippen molar-refractivity contribution in [1.29, 1.82) is 0 Å². The number of carbonyl (C=O) groups excluding carboxylic acids is 2. The second-order valence-corrected chi connectivity index (χ2v) is 6.93. The van der Waals surface area contributed by atoms with E-state index in [9.17, 15) is 9.59 Å². The van der Waals surface area contributed by atoms with Crippen LogP contribution in [0.3, 0.4) is 0 Å². The van der Waals surface area contributed by atoms with E-state index < -0.39 is 11.8 Å². The van der Waals surface area contributed by atoms with E-state index in [1.54, 1.807) is 6.07 Å². The predicted octanol–water partition coefficient (Wildman–Crippen LogP) is 3.62. The van der Waals surface area contributed by atoms with Crippen molar-refractivity contribution in [3.8, 4) is 11.5 Å². The van der Waals surface area contributed by atoms with Crippen molar-refractivity contribution in [3.63, 3.8) is 0 Å². The summed E-state index contributed by atoms with van der Waals surface area (Å²) in [7, 11) is 0. The van der Waals surface area contributed by atoms with Crippen LogP contribution in [0.5, 0.6) is 11.5 Å². The number of hydrazine groups is 1. The van der Waals surface area contributed by atoms with Crippen LogP contribution >= 0.6 is 0 Å². The third-order valence-electron chi connectivity index (χ3n) is 4.31. The van der Waals surface area contributed by atoms with Crippen LogP contribution in [0.4, 0.5) is 0 Å². The Hall–Kier alpha value is -3.74. The van der Waals surface area contributed by atoms with Crippen LogP contribution in [0.2, 0.25) is 0 Å². The van der Waals surface area contributed by atoms with Gasteiger partial charge >= 0.3 is 5.91 Å². The highest BCUT2D eigenvalue weighted by Crippen LogP contribution is 2.19. The molecule has 0 fully saturated rings. The Morgan fingerprint density at radius 2 is 1.60 bits per heavy atom. The van der Waals surface area contributed by atoms with E-state index in [1.165, 1.54) is 6.07 Å². The Balaban J connectivity index is 1.44. The largest absolute Gasteiger partial charge is 0.486 e. The highest BCUT2D eigenvalue weighted by Gasteiger charge is 2.13. The molecule has 0 aliphatic rings. The number of amides is 2. The lowest BCUT2D eigenvalue weighted by Crippen LogP contribution is -2.43. The van der Waals surface area contributed by atoms with Gasteiger partial charge in [0.25, 0.3) is 5.91 Å². The lowest BCUT2D eigenvalue weighted by Gasteiger charge is -2.10. The Kier molecular flexibility index (Phi) is 6.75. The molecule has 0 saturated heterocycles. The van der Waals surface area contributed by atoms with Crippen LogP contribution < -0.4 is 20.3 Å². The molecule has 7 nitrogen and oxygen atoms in total. The van der Waals surface area contributed by atoms with Gasteiger partial charge in [-0.25, -0.2) is 0 Å². The van der Waals surface area contributed by atoms with Gasteiger partial charge in [-0.1, -0.05) is 29.8 Å². The van der Waals surface area contributed by atoms with Crippen LogP contribution in [0, 0.1) is 20.8 Å². The molecular formula is C23H24N2O5. The van der Waals surface area contributed by atoms with E-state index in [4.69, 9.17) is 13.9 Å². The number of nitrogens with one attached hydrogen (secondary N) is 2. The Morgan fingerprint density at radius 3 is 2.37 bits per heavy atom. The predicted molar refractivity (Wildman–Crippen MR) is 111 cm³/mol. The zero-order chi connectivity index (χ0) is 21.5. The summed E-state index contributed by atoms with van der Waals surface area (Å²) in [6, 6.07) is 16.5. The summed E-state index contributed by atoms with van der Waals surface area (Å²) in [5, 5.41) is 0. The quantitative estimate of drug-likeness (QED) is 0.583. The SMILES string of the molecule is Cc1ccc(OCc2ccc(C(=O)NNC(=O)COc3cc(C)ccc3C)o2)cc1. The molecule has 0 saturated carbocycles. The second-order valence-electron chi connectivity index (χ2n) is 6.93. The fraction of sp³-hybridized carbons (Fsp3) is 0.217. The average molecular weight is 408 g/mol. The lowest BCUT2D eigenvalue weighted by molar-refractivity contribution is -0.123. The number of aryl methyl sites for hydroxylation is 3. The number of carbonyl (C=O) groups is 2. The maximum absolute atomic E-state index is 12.1. The fourth-order valence-corrected chi connectivity index (χ4v) is 2.60. The number of benzene rings is 2. The van der Waals surface area contributed by atoms with Gasteiger partial charge < -0.3 is 13.9 Å².